The predicted octanol–water partition coefficient (Wildman–Crippen LogP) is 3.59. The molecule has 1 heterocycles. The van der Waals surface area contributed by atoms with Gasteiger partial charge in [-0.3, -0.25) is 4.79 Å². The zero-order valence-electron chi connectivity index (χ0n) is 11.1. The summed E-state index contributed by atoms with van der Waals surface area (Å²) in [7, 11) is 0. The Hall–Kier alpha value is -1.62. The van der Waals surface area contributed by atoms with Gasteiger partial charge in [0.15, 0.2) is 5.82 Å². The molecule has 0 bridgehead atoms. The zero-order valence-corrected chi connectivity index (χ0v) is 11.9. The second-order valence-corrected chi connectivity index (χ2v) is 6.01. The van der Waals surface area contributed by atoms with Gasteiger partial charge in [0.25, 0.3) is 0 Å². The van der Waals surface area contributed by atoms with Crippen LogP contribution in [-0.2, 0) is 10.5 Å². The summed E-state index contributed by atoms with van der Waals surface area (Å²) in [5.41, 5.74) is 0. The van der Waals surface area contributed by atoms with E-state index in [1.54, 1.807) is 11.8 Å². The van der Waals surface area contributed by atoms with E-state index in [1.807, 2.05) is 18.2 Å². The number of benzene rings is 1. The molecule has 0 atom stereocenters. The number of nitrogens with zero attached hydrogens (tertiary/aromatic N) is 2. The van der Waals surface area contributed by atoms with Crippen molar-refractivity contribution in [3.63, 3.8) is 0 Å². The Labute approximate surface area is 122 Å². The number of carbonyl (C=O) groups excluding carboxylic acids is 1. The van der Waals surface area contributed by atoms with Gasteiger partial charge < -0.3 is 4.52 Å². The molecule has 1 saturated carbocycles. The predicted molar refractivity (Wildman–Crippen MR) is 76.5 cm³/mol. The van der Waals surface area contributed by atoms with Gasteiger partial charge >= 0.3 is 0 Å². The lowest BCUT2D eigenvalue weighted by molar-refractivity contribution is -0.120. The summed E-state index contributed by atoms with van der Waals surface area (Å²) >= 11 is 1.69. The lowest BCUT2D eigenvalue weighted by Crippen LogP contribution is -2.12. The molecule has 4 nitrogen and oxygen atoms in total. The number of Topliss-reactive ketones (excluding diaryl/α,β-unsaturated/α-hetero) is 1. The first-order valence-corrected chi connectivity index (χ1v) is 7.82. The summed E-state index contributed by atoms with van der Waals surface area (Å²) in [6, 6.07) is 10.2. The van der Waals surface area contributed by atoms with Crippen molar-refractivity contribution < 1.29 is 9.32 Å². The third-order valence-electron chi connectivity index (χ3n) is 3.49. The second-order valence-electron chi connectivity index (χ2n) is 4.96. The first-order chi connectivity index (χ1) is 9.81. The molecule has 0 amide bonds. The van der Waals surface area contributed by atoms with Crippen molar-refractivity contribution in [2.75, 3.05) is 0 Å². The van der Waals surface area contributed by atoms with E-state index in [4.69, 9.17) is 4.52 Å². The SMILES string of the molecule is O=C1CCC(c2nc(CSc3ccccc3)no2)CC1. The number of hydrogen-bond donors (Lipinski definition) is 0. The van der Waals surface area contributed by atoms with E-state index in [0.29, 0.717) is 30.3 Å². The maximum absolute atomic E-state index is 11.2. The Morgan fingerprint density at radius 1 is 1.20 bits per heavy atom. The second kappa shape index (κ2) is 6.22. The maximum Gasteiger partial charge on any atom is 0.229 e. The van der Waals surface area contributed by atoms with Crippen LogP contribution < -0.4 is 0 Å². The summed E-state index contributed by atoms with van der Waals surface area (Å²) in [6.45, 7) is 0. The molecule has 0 unspecified atom stereocenters. The number of hydrogen-bond acceptors (Lipinski definition) is 5. The molecule has 0 aliphatic heterocycles. The molecule has 2 aromatic rings. The molecular weight excluding hydrogens is 272 g/mol. The van der Waals surface area contributed by atoms with E-state index in [2.05, 4.69) is 22.3 Å². The van der Waals surface area contributed by atoms with Crippen LogP contribution in [0.2, 0.25) is 0 Å². The van der Waals surface area contributed by atoms with Crippen LogP contribution in [0.4, 0.5) is 0 Å². The van der Waals surface area contributed by atoms with Gasteiger partial charge in [0, 0.05) is 23.7 Å². The van der Waals surface area contributed by atoms with E-state index in [1.165, 1.54) is 4.90 Å². The number of rotatable bonds is 4. The van der Waals surface area contributed by atoms with E-state index >= 15 is 0 Å². The molecular formula is C15H16N2O2S. The standard InChI is InChI=1S/C15H16N2O2S/c18-12-8-6-11(7-9-12)15-16-14(17-19-15)10-20-13-4-2-1-3-5-13/h1-5,11H,6-10H2. The Kier molecular flexibility index (Phi) is 4.16. The molecule has 1 aromatic carbocycles. The molecule has 1 aliphatic rings. The van der Waals surface area contributed by atoms with Crippen molar-refractivity contribution in [3.05, 3.63) is 42.0 Å². The van der Waals surface area contributed by atoms with E-state index < -0.39 is 0 Å². The van der Waals surface area contributed by atoms with Crippen molar-refractivity contribution in [3.8, 4) is 0 Å². The van der Waals surface area contributed by atoms with Crippen LogP contribution in [0.25, 0.3) is 0 Å². The van der Waals surface area contributed by atoms with Crippen LogP contribution >= 0.6 is 11.8 Å². The molecule has 5 heteroatoms. The average molecular weight is 288 g/mol. The molecule has 0 saturated heterocycles. The fourth-order valence-electron chi connectivity index (χ4n) is 2.34. The monoisotopic (exact) mass is 288 g/mol. The van der Waals surface area contributed by atoms with Gasteiger partial charge in [-0.2, -0.15) is 4.98 Å². The number of ketones is 1. The molecule has 1 fully saturated rings. The molecule has 20 heavy (non-hydrogen) atoms. The van der Waals surface area contributed by atoms with Crippen molar-refractivity contribution in [2.24, 2.45) is 0 Å². The van der Waals surface area contributed by atoms with E-state index in [9.17, 15) is 4.79 Å². The zero-order chi connectivity index (χ0) is 13.8. The largest absolute Gasteiger partial charge is 0.339 e. The van der Waals surface area contributed by atoms with Crippen LogP contribution in [-0.4, -0.2) is 15.9 Å². The number of aromatic nitrogens is 2. The molecule has 3 rings (SSSR count). The van der Waals surface area contributed by atoms with Gasteiger partial charge in [0.05, 0.1) is 5.75 Å². The first kappa shape index (κ1) is 13.4. The average Bonchev–Trinajstić information content (AvgIpc) is 2.96. The lowest BCUT2D eigenvalue weighted by Gasteiger charge is -2.16. The normalized spacial score (nSPS) is 16.5. The van der Waals surface area contributed by atoms with Gasteiger partial charge in [0.1, 0.15) is 5.78 Å². The van der Waals surface area contributed by atoms with Crippen LogP contribution in [0.15, 0.2) is 39.8 Å². The van der Waals surface area contributed by atoms with E-state index in [-0.39, 0.29) is 5.92 Å². The minimum atomic E-state index is 0.260. The minimum absolute atomic E-state index is 0.260. The smallest absolute Gasteiger partial charge is 0.229 e. The van der Waals surface area contributed by atoms with Crippen LogP contribution in [0, 0.1) is 0 Å². The lowest BCUT2D eigenvalue weighted by atomic mass is 9.88. The van der Waals surface area contributed by atoms with Gasteiger partial charge in [-0.25, -0.2) is 0 Å². The fourth-order valence-corrected chi connectivity index (χ4v) is 3.11. The Bertz CT molecular complexity index is 573. The summed E-state index contributed by atoms with van der Waals surface area (Å²) in [4.78, 5) is 16.9. The third-order valence-corrected chi connectivity index (χ3v) is 4.50. The van der Waals surface area contributed by atoms with Crippen LogP contribution in [0.5, 0.6) is 0 Å². The Morgan fingerprint density at radius 3 is 2.70 bits per heavy atom. The van der Waals surface area contributed by atoms with Crippen molar-refractivity contribution >= 4 is 17.5 Å². The molecule has 0 N–H and O–H groups in total. The molecule has 0 spiro atoms. The van der Waals surface area contributed by atoms with Crippen molar-refractivity contribution in [1.29, 1.82) is 0 Å². The van der Waals surface area contributed by atoms with Crippen molar-refractivity contribution in [2.45, 2.75) is 42.2 Å². The maximum atomic E-state index is 11.2. The first-order valence-electron chi connectivity index (χ1n) is 6.83. The van der Waals surface area contributed by atoms with Gasteiger partial charge in [-0.1, -0.05) is 23.4 Å². The number of carbonyl (C=O) groups is 1. The minimum Gasteiger partial charge on any atom is -0.339 e. The van der Waals surface area contributed by atoms with E-state index in [0.717, 1.165) is 18.7 Å². The topological polar surface area (TPSA) is 56.0 Å². The van der Waals surface area contributed by atoms with Gasteiger partial charge in [-0.05, 0) is 25.0 Å². The highest BCUT2D eigenvalue weighted by Gasteiger charge is 2.24. The highest BCUT2D eigenvalue weighted by molar-refractivity contribution is 7.98. The Morgan fingerprint density at radius 2 is 1.95 bits per heavy atom. The molecule has 104 valence electrons. The highest BCUT2D eigenvalue weighted by Crippen LogP contribution is 2.30. The summed E-state index contributed by atoms with van der Waals surface area (Å²) in [5, 5.41) is 4.03. The van der Waals surface area contributed by atoms with Crippen molar-refractivity contribution in [1.82, 2.24) is 10.1 Å². The van der Waals surface area contributed by atoms with Crippen LogP contribution in [0.3, 0.4) is 0 Å². The fraction of sp³-hybridized carbons (Fsp3) is 0.400. The molecule has 1 aromatic heterocycles. The molecule has 1 aliphatic carbocycles. The van der Waals surface area contributed by atoms with Gasteiger partial charge in [0.2, 0.25) is 5.89 Å². The third kappa shape index (κ3) is 3.28. The highest BCUT2D eigenvalue weighted by atomic mass is 32.2. The van der Waals surface area contributed by atoms with Crippen LogP contribution in [0.1, 0.15) is 43.3 Å². The Balaban J connectivity index is 1.58. The molecule has 0 radical (unpaired) electrons. The quantitative estimate of drug-likeness (QED) is 0.805. The summed E-state index contributed by atoms with van der Waals surface area (Å²) in [6.07, 6.45) is 2.96. The van der Waals surface area contributed by atoms with Gasteiger partial charge in [-0.15, -0.1) is 11.8 Å². The summed E-state index contributed by atoms with van der Waals surface area (Å²) in [5.74, 6) is 2.74. The summed E-state index contributed by atoms with van der Waals surface area (Å²) < 4.78 is 5.34. The number of thioether (sulfide) groups is 1.